The van der Waals surface area contributed by atoms with E-state index >= 15 is 0 Å². The van der Waals surface area contributed by atoms with E-state index in [4.69, 9.17) is 0 Å². The number of thiophene rings is 1. The first-order valence-electron chi connectivity index (χ1n) is 7.65. The average molecular weight is 368 g/mol. The fourth-order valence-corrected chi connectivity index (χ4v) is 4.01. The smallest absolute Gasteiger partial charge is 0.227 e. The van der Waals surface area contributed by atoms with Gasteiger partial charge in [0.1, 0.15) is 0 Å². The first-order chi connectivity index (χ1) is 11.4. The number of fused-ring (bicyclic) bond motifs is 1. The molecular weight excluding hydrogens is 348 g/mol. The minimum absolute atomic E-state index is 0.0210. The van der Waals surface area contributed by atoms with Crippen molar-refractivity contribution in [1.29, 1.82) is 0 Å². The van der Waals surface area contributed by atoms with Crippen molar-refractivity contribution in [2.45, 2.75) is 19.5 Å². The van der Waals surface area contributed by atoms with Crippen molar-refractivity contribution in [2.24, 2.45) is 5.92 Å². The largest absolute Gasteiger partial charge is 0.336 e. The van der Waals surface area contributed by atoms with E-state index in [9.17, 15) is 13.2 Å². The first-order valence-corrected chi connectivity index (χ1v) is 10.5. The Labute approximate surface area is 145 Å². The minimum Gasteiger partial charge on any atom is -0.336 e. The maximum atomic E-state index is 12.7. The molecule has 3 heterocycles. The highest BCUT2D eigenvalue weighted by molar-refractivity contribution is 7.88. The van der Waals surface area contributed by atoms with Crippen LogP contribution in [0.25, 0.3) is 0 Å². The van der Waals surface area contributed by atoms with Crippen LogP contribution in [0.4, 0.5) is 0 Å². The number of carbonyl (C=O) groups excluding carboxylic acids is 1. The summed E-state index contributed by atoms with van der Waals surface area (Å²) >= 11 is 1.57. The number of carbonyl (C=O) groups is 1. The molecule has 3 rings (SSSR count). The summed E-state index contributed by atoms with van der Waals surface area (Å²) in [7, 11) is -3.26. The Morgan fingerprint density at radius 2 is 2.25 bits per heavy atom. The molecule has 2 aromatic heterocycles. The molecule has 2 aromatic rings. The molecule has 1 aliphatic rings. The topological polar surface area (TPSA) is 84.3 Å². The summed E-state index contributed by atoms with van der Waals surface area (Å²) in [6.45, 7) is 1.89. The number of hydrogen-bond acceptors (Lipinski definition) is 5. The molecule has 7 nitrogen and oxygen atoms in total. The monoisotopic (exact) mass is 368 g/mol. The van der Waals surface area contributed by atoms with Crippen molar-refractivity contribution in [3.05, 3.63) is 40.3 Å². The highest BCUT2D eigenvalue weighted by Crippen LogP contribution is 2.17. The van der Waals surface area contributed by atoms with Gasteiger partial charge < -0.3 is 4.90 Å². The summed E-state index contributed by atoms with van der Waals surface area (Å²) in [5.74, 6) is 0.0275. The normalized spacial score (nSPS) is 18.2. The van der Waals surface area contributed by atoms with Gasteiger partial charge in [-0.05, 0) is 28.5 Å². The van der Waals surface area contributed by atoms with Gasteiger partial charge in [-0.1, -0.05) is 0 Å². The highest BCUT2D eigenvalue weighted by atomic mass is 32.2. The molecule has 1 amide bonds. The number of rotatable bonds is 5. The number of amides is 1. The molecule has 1 atom stereocenters. The molecule has 0 bridgehead atoms. The summed E-state index contributed by atoms with van der Waals surface area (Å²) in [5, 5.41) is 8.22. The lowest BCUT2D eigenvalue weighted by Crippen LogP contribution is -2.39. The Hall–Kier alpha value is -1.71. The molecule has 0 fully saturated rings. The molecule has 0 radical (unpaired) electrons. The highest BCUT2D eigenvalue weighted by Gasteiger charge is 2.26. The third kappa shape index (κ3) is 4.43. The Morgan fingerprint density at radius 1 is 1.42 bits per heavy atom. The zero-order chi connectivity index (χ0) is 17.2. The van der Waals surface area contributed by atoms with E-state index in [-0.39, 0.29) is 11.8 Å². The summed E-state index contributed by atoms with van der Waals surface area (Å²) in [4.78, 5) is 14.5. The predicted octanol–water partition coefficient (Wildman–Crippen LogP) is 0.695. The fourth-order valence-electron chi connectivity index (χ4n) is 2.80. The number of nitrogens with zero attached hydrogens (tertiary/aromatic N) is 3. The molecular formula is C15H20N4O3S2. The summed E-state index contributed by atoms with van der Waals surface area (Å²) < 4.78 is 27.1. The summed E-state index contributed by atoms with van der Waals surface area (Å²) in [6.07, 6.45) is 3.22. The van der Waals surface area contributed by atoms with Gasteiger partial charge in [0.05, 0.1) is 24.9 Å². The molecule has 24 heavy (non-hydrogen) atoms. The van der Waals surface area contributed by atoms with Gasteiger partial charge in [0.2, 0.25) is 15.9 Å². The van der Waals surface area contributed by atoms with Crippen LogP contribution in [0.5, 0.6) is 0 Å². The van der Waals surface area contributed by atoms with Crippen LogP contribution in [0.3, 0.4) is 0 Å². The first kappa shape index (κ1) is 17.1. The lowest BCUT2D eigenvalue weighted by molar-refractivity contribution is -0.131. The Morgan fingerprint density at radius 3 is 2.96 bits per heavy atom. The lowest BCUT2D eigenvalue weighted by atomic mass is 10.1. The number of nitrogens with one attached hydrogen (secondary N) is 1. The Kier molecular flexibility index (Phi) is 5.02. The maximum absolute atomic E-state index is 12.7. The minimum atomic E-state index is -3.26. The second-order valence-corrected chi connectivity index (χ2v) is 8.69. The van der Waals surface area contributed by atoms with E-state index in [1.807, 2.05) is 27.6 Å². The molecule has 1 N–H and O–H groups in total. The van der Waals surface area contributed by atoms with Gasteiger partial charge in [0.25, 0.3) is 0 Å². The third-order valence-corrected chi connectivity index (χ3v) is 5.41. The molecule has 0 aliphatic carbocycles. The van der Waals surface area contributed by atoms with Crippen LogP contribution >= 0.6 is 11.3 Å². The van der Waals surface area contributed by atoms with Crippen LogP contribution in [-0.2, 0) is 34.3 Å². The van der Waals surface area contributed by atoms with Crippen molar-refractivity contribution in [1.82, 2.24) is 19.4 Å². The van der Waals surface area contributed by atoms with Crippen LogP contribution in [0, 0.1) is 5.92 Å². The molecule has 9 heteroatoms. The van der Waals surface area contributed by atoms with Gasteiger partial charge in [0, 0.05) is 31.7 Å². The van der Waals surface area contributed by atoms with E-state index in [0.717, 1.165) is 17.5 Å². The van der Waals surface area contributed by atoms with Gasteiger partial charge in [-0.15, -0.1) is 0 Å². The molecule has 1 aliphatic heterocycles. The SMILES string of the molecule is CS(=O)(=O)NCC1CN(C(=O)Cc2ccsc2)Cc2ccnn2C1. The lowest BCUT2D eigenvalue weighted by Gasteiger charge is -2.24. The van der Waals surface area contributed by atoms with E-state index in [1.165, 1.54) is 0 Å². The van der Waals surface area contributed by atoms with Crippen LogP contribution in [0.15, 0.2) is 29.1 Å². The third-order valence-electron chi connectivity index (χ3n) is 3.99. The molecule has 0 aromatic carbocycles. The van der Waals surface area contributed by atoms with Gasteiger partial charge in [-0.3, -0.25) is 9.48 Å². The quantitative estimate of drug-likeness (QED) is 0.842. The van der Waals surface area contributed by atoms with E-state index in [2.05, 4.69) is 9.82 Å². The van der Waals surface area contributed by atoms with Gasteiger partial charge in [-0.2, -0.15) is 16.4 Å². The van der Waals surface area contributed by atoms with Gasteiger partial charge in [0.15, 0.2) is 0 Å². The van der Waals surface area contributed by atoms with Crippen LogP contribution < -0.4 is 4.72 Å². The second kappa shape index (κ2) is 7.04. The van der Waals surface area contributed by atoms with Gasteiger partial charge >= 0.3 is 0 Å². The molecule has 0 saturated carbocycles. The molecule has 0 spiro atoms. The molecule has 130 valence electrons. The van der Waals surface area contributed by atoms with Crippen LogP contribution in [0.2, 0.25) is 0 Å². The number of sulfonamides is 1. The van der Waals surface area contributed by atoms with Gasteiger partial charge in [-0.25, -0.2) is 13.1 Å². The molecule has 1 unspecified atom stereocenters. The van der Waals surface area contributed by atoms with Crippen molar-refractivity contribution >= 4 is 27.3 Å². The second-order valence-electron chi connectivity index (χ2n) is 6.07. The van der Waals surface area contributed by atoms with Crippen LogP contribution in [-0.4, -0.2) is 48.4 Å². The fraction of sp³-hybridized carbons (Fsp3) is 0.467. The van der Waals surface area contributed by atoms with E-state index < -0.39 is 10.0 Å². The number of hydrogen-bond donors (Lipinski definition) is 1. The predicted molar refractivity (Wildman–Crippen MR) is 92.0 cm³/mol. The standard InChI is InChI=1S/C15H20N4O3S2/c1-24(21,22)17-7-13-8-18(10-14-2-4-16-19(14)9-13)15(20)6-12-3-5-23-11-12/h2-5,11,13,17H,6-10H2,1H3. The van der Waals surface area contributed by atoms with Crippen molar-refractivity contribution in [2.75, 3.05) is 19.3 Å². The Balaban J connectivity index is 1.74. The van der Waals surface area contributed by atoms with Crippen molar-refractivity contribution in [3.63, 3.8) is 0 Å². The maximum Gasteiger partial charge on any atom is 0.227 e. The summed E-state index contributed by atoms with van der Waals surface area (Å²) in [6, 6.07) is 3.85. The van der Waals surface area contributed by atoms with E-state index in [1.54, 1.807) is 22.4 Å². The number of aromatic nitrogens is 2. The average Bonchev–Trinajstić information content (AvgIpc) is 3.13. The zero-order valence-corrected chi connectivity index (χ0v) is 15.0. The summed E-state index contributed by atoms with van der Waals surface area (Å²) in [5.41, 5.74) is 1.98. The van der Waals surface area contributed by atoms with E-state index in [0.29, 0.717) is 32.6 Å². The van der Waals surface area contributed by atoms with Crippen molar-refractivity contribution < 1.29 is 13.2 Å². The zero-order valence-electron chi connectivity index (χ0n) is 13.4. The van der Waals surface area contributed by atoms with Crippen LogP contribution in [0.1, 0.15) is 11.3 Å². The molecule has 0 saturated heterocycles. The Bertz CT molecular complexity index is 799. The van der Waals surface area contributed by atoms with Crippen molar-refractivity contribution in [3.8, 4) is 0 Å².